The van der Waals surface area contributed by atoms with Crippen molar-refractivity contribution in [3.63, 3.8) is 0 Å². The normalized spacial score (nSPS) is 17.6. The van der Waals surface area contributed by atoms with Crippen molar-refractivity contribution in [3.05, 3.63) is 60.7 Å². The second-order valence-corrected chi connectivity index (χ2v) is 9.99. The number of piperazine rings is 1. The molecule has 1 saturated heterocycles. The number of benzene rings is 2. The zero-order valence-electron chi connectivity index (χ0n) is 18.5. The number of aliphatic hydroxyl groups is 1. The largest absolute Gasteiger partial charge is 0.471 e. The fraction of sp³-hybridized carbons (Fsp3) is 0.273. The van der Waals surface area contributed by atoms with Crippen molar-refractivity contribution in [2.45, 2.75) is 17.1 Å². The Morgan fingerprint density at radius 1 is 1.06 bits per heavy atom. The van der Waals surface area contributed by atoms with E-state index in [4.69, 9.17) is 0 Å². The molecule has 3 heterocycles. The maximum Gasteiger partial charge on any atom is 0.471 e. The number of aromatic nitrogens is 4. The van der Waals surface area contributed by atoms with E-state index in [2.05, 4.69) is 24.6 Å². The molecule has 36 heavy (non-hydrogen) atoms. The van der Waals surface area contributed by atoms with Crippen LogP contribution in [0.5, 0.6) is 0 Å². The van der Waals surface area contributed by atoms with Crippen LogP contribution in [0.2, 0.25) is 0 Å². The van der Waals surface area contributed by atoms with Gasteiger partial charge in [-0.2, -0.15) is 22.5 Å². The lowest BCUT2D eigenvalue weighted by Gasteiger charge is -2.39. The first-order valence-corrected chi connectivity index (χ1v) is 12.2. The monoisotopic (exact) mass is 520 g/mol. The molecule has 5 rings (SSSR count). The average molecular weight is 520 g/mol. The van der Waals surface area contributed by atoms with Crippen LogP contribution in [0.1, 0.15) is 5.89 Å². The fourth-order valence-electron chi connectivity index (χ4n) is 4.00. The Morgan fingerprint density at radius 3 is 2.44 bits per heavy atom. The summed E-state index contributed by atoms with van der Waals surface area (Å²) in [5.74, 6) is -1.57. The molecule has 1 unspecified atom stereocenters. The molecule has 0 radical (unpaired) electrons. The van der Waals surface area contributed by atoms with Crippen LogP contribution in [0, 0.1) is 0 Å². The summed E-state index contributed by atoms with van der Waals surface area (Å²) in [6.45, 7) is 0.00192. The van der Waals surface area contributed by atoms with Gasteiger partial charge < -0.3 is 14.5 Å². The van der Waals surface area contributed by atoms with Gasteiger partial charge in [-0.25, -0.2) is 18.4 Å². The van der Waals surface area contributed by atoms with E-state index in [0.29, 0.717) is 0 Å². The van der Waals surface area contributed by atoms with Gasteiger partial charge in [-0.3, -0.25) is 0 Å². The minimum absolute atomic E-state index is 0.0747. The van der Waals surface area contributed by atoms with E-state index in [0.717, 1.165) is 10.8 Å². The summed E-state index contributed by atoms with van der Waals surface area (Å²) in [6.07, 6.45) is -2.27. The molecule has 0 amide bonds. The van der Waals surface area contributed by atoms with Crippen molar-refractivity contribution in [3.8, 4) is 11.4 Å². The zero-order valence-corrected chi connectivity index (χ0v) is 19.3. The standard InChI is InChI=1S/C22H19F3N6O4S/c23-22(24,25)20-28-19(29-35-20)16-10-26-21(27-11-16)30-7-8-31(17(12-30)13-32)36(33,34)18-6-5-14-3-1-2-4-15(14)9-18/h1-6,9-11,17,32H,7-8,12-13H2. The van der Waals surface area contributed by atoms with E-state index >= 15 is 0 Å². The lowest BCUT2D eigenvalue weighted by Crippen LogP contribution is -2.56. The summed E-state index contributed by atoms with van der Waals surface area (Å²) in [5.41, 5.74) is 0.120. The molecule has 2 aromatic carbocycles. The molecule has 0 spiro atoms. The van der Waals surface area contributed by atoms with Crippen LogP contribution in [0.3, 0.4) is 0 Å². The molecule has 4 aromatic rings. The maximum atomic E-state index is 13.4. The number of hydrogen-bond acceptors (Lipinski definition) is 9. The van der Waals surface area contributed by atoms with Crippen molar-refractivity contribution in [2.75, 3.05) is 31.1 Å². The van der Waals surface area contributed by atoms with Gasteiger partial charge in [0.25, 0.3) is 0 Å². The number of fused-ring (bicyclic) bond motifs is 1. The smallest absolute Gasteiger partial charge is 0.395 e. The third-order valence-electron chi connectivity index (χ3n) is 5.81. The molecule has 0 bridgehead atoms. The average Bonchev–Trinajstić information content (AvgIpc) is 3.39. The first-order valence-electron chi connectivity index (χ1n) is 10.8. The summed E-state index contributed by atoms with van der Waals surface area (Å²) >= 11 is 0. The third-order valence-corrected chi connectivity index (χ3v) is 7.76. The predicted molar refractivity (Wildman–Crippen MR) is 121 cm³/mol. The molecule has 10 nitrogen and oxygen atoms in total. The van der Waals surface area contributed by atoms with Gasteiger partial charge >= 0.3 is 12.1 Å². The van der Waals surface area contributed by atoms with E-state index < -0.39 is 34.7 Å². The topological polar surface area (TPSA) is 126 Å². The summed E-state index contributed by atoms with van der Waals surface area (Å²) in [6, 6.07) is 11.5. The highest BCUT2D eigenvalue weighted by Crippen LogP contribution is 2.30. The van der Waals surface area contributed by atoms with Crippen LogP contribution in [-0.4, -0.2) is 70.2 Å². The van der Waals surface area contributed by atoms with E-state index in [-0.39, 0.29) is 41.9 Å². The Kier molecular flexibility index (Phi) is 6.10. The Balaban J connectivity index is 1.33. The number of sulfonamides is 1. The number of nitrogens with zero attached hydrogens (tertiary/aromatic N) is 6. The van der Waals surface area contributed by atoms with E-state index in [1.807, 2.05) is 24.3 Å². The van der Waals surface area contributed by atoms with Crippen LogP contribution in [0.15, 0.2) is 64.3 Å². The van der Waals surface area contributed by atoms with Crippen molar-refractivity contribution >= 4 is 26.7 Å². The quantitative estimate of drug-likeness (QED) is 0.423. The third kappa shape index (κ3) is 4.50. The molecule has 1 aliphatic rings. The number of hydrogen-bond donors (Lipinski definition) is 1. The molecule has 188 valence electrons. The SMILES string of the molecule is O=S(=O)(c1ccc2ccccc2c1)N1CCN(c2ncc(-c3noc(C(F)(F)F)n3)cn2)CC1CO. The van der Waals surface area contributed by atoms with Gasteiger partial charge in [-0.05, 0) is 22.9 Å². The Bertz CT molecular complexity index is 1490. The van der Waals surface area contributed by atoms with Gasteiger partial charge in [0.05, 0.1) is 23.1 Å². The molecule has 0 saturated carbocycles. The van der Waals surface area contributed by atoms with Crippen molar-refractivity contribution in [1.29, 1.82) is 0 Å². The number of halogens is 3. The van der Waals surface area contributed by atoms with Gasteiger partial charge in [-0.15, -0.1) is 0 Å². The number of anilines is 1. The number of rotatable bonds is 5. The lowest BCUT2D eigenvalue weighted by molar-refractivity contribution is -0.159. The Morgan fingerprint density at radius 2 is 1.78 bits per heavy atom. The van der Waals surface area contributed by atoms with Gasteiger partial charge in [0.2, 0.25) is 21.8 Å². The highest BCUT2D eigenvalue weighted by atomic mass is 32.2. The first-order chi connectivity index (χ1) is 17.2. The zero-order chi connectivity index (χ0) is 25.5. The number of aliphatic hydroxyl groups excluding tert-OH is 1. The summed E-state index contributed by atoms with van der Waals surface area (Å²) in [5, 5.41) is 15.0. The number of alkyl halides is 3. The van der Waals surface area contributed by atoms with E-state index in [1.54, 1.807) is 23.1 Å². The molecule has 0 aliphatic carbocycles. The van der Waals surface area contributed by atoms with Crippen molar-refractivity contribution in [1.82, 2.24) is 24.4 Å². The Labute approximate surface area is 203 Å². The van der Waals surface area contributed by atoms with Gasteiger partial charge in [0.15, 0.2) is 0 Å². The molecule has 2 aromatic heterocycles. The second kappa shape index (κ2) is 9.11. The van der Waals surface area contributed by atoms with Crippen LogP contribution in [0.4, 0.5) is 19.1 Å². The van der Waals surface area contributed by atoms with E-state index in [1.165, 1.54) is 16.7 Å². The van der Waals surface area contributed by atoms with Crippen LogP contribution >= 0.6 is 0 Å². The minimum atomic E-state index is -4.77. The molecule has 1 fully saturated rings. The summed E-state index contributed by atoms with van der Waals surface area (Å²) < 4.78 is 70.3. The second-order valence-electron chi connectivity index (χ2n) is 8.10. The van der Waals surface area contributed by atoms with Gasteiger partial charge in [0.1, 0.15) is 0 Å². The van der Waals surface area contributed by atoms with Crippen LogP contribution in [-0.2, 0) is 16.2 Å². The van der Waals surface area contributed by atoms with Gasteiger partial charge in [0, 0.05) is 32.0 Å². The van der Waals surface area contributed by atoms with E-state index in [9.17, 15) is 26.7 Å². The Hall–Kier alpha value is -3.62. The fourth-order valence-corrected chi connectivity index (χ4v) is 5.64. The molecular formula is C22H19F3N6O4S. The van der Waals surface area contributed by atoms with Crippen LogP contribution < -0.4 is 4.90 Å². The first kappa shape index (κ1) is 24.1. The van der Waals surface area contributed by atoms with Gasteiger partial charge in [-0.1, -0.05) is 35.5 Å². The molecule has 14 heteroatoms. The molecule has 1 atom stereocenters. The molecule has 1 N–H and O–H groups in total. The highest BCUT2D eigenvalue weighted by Gasteiger charge is 2.39. The summed E-state index contributed by atoms with van der Waals surface area (Å²) in [7, 11) is -3.89. The minimum Gasteiger partial charge on any atom is -0.395 e. The molecular weight excluding hydrogens is 501 g/mol. The lowest BCUT2D eigenvalue weighted by atomic mass is 10.1. The predicted octanol–water partition coefficient (Wildman–Crippen LogP) is 2.57. The van der Waals surface area contributed by atoms with Crippen LogP contribution in [0.25, 0.3) is 22.2 Å². The van der Waals surface area contributed by atoms with Crippen molar-refractivity contribution < 1.29 is 31.2 Å². The maximum absolute atomic E-state index is 13.4. The van der Waals surface area contributed by atoms with Crippen molar-refractivity contribution in [2.24, 2.45) is 0 Å². The molecule has 1 aliphatic heterocycles. The highest BCUT2D eigenvalue weighted by molar-refractivity contribution is 7.89. The summed E-state index contributed by atoms with van der Waals surface area (Å²) in [4.78, 5) is 13.4.